The number of anilines is 1. The molecule has 36 heavy (non-hydrogen) atoms. The summed E-state index contributed by atoms with van der Waals surface area (Å²) in [5, 5.41) is 27.2. The van der Waals surface area contributed by atoms with Crippen LogP contribution in [0.3, 0.4) is 0 Å². The van der Waals surface area contributed by atoms with Crippen LogP contribution in [0.1, 0.15) is 5.69 Å². The first-order valence-electron chi connectivity index (χ1n) is 9.44. The average Bonchev–Trinajstić information content (AvgIpc) is 3.42. The molecule has 5 N–H and O–H groups in total. The Bertz CT molecular complexity index is 1400. The fourth-order valence-electron chi connectivity index (χ4n) is 3.19. The number of carboxylic acid groups (broad SMARTS) is 1. The summed E-state index contributed by atoms with van der Waals surface area (Å²) in [5.41, 5.74) is 5.17. The number of tetrazole rings is 1. The predicted octanol–water partition coefficient (Wildman–Crippen LogP) is -1.60. The summed E-state index contributed by atoms with van der Waals surface area (Å²) < 4.78 is 32.2. The fraction of sp³-hybridized carbons (Fsp3) is 0.333. The molecule has 192 valence electrons. The molecule has 2 amide bonds. The maximum atomic E-state index is 12.9. The molecule has 0 bridgehead atoms. The van der Waals surface area contributed by atoms with Gasteiger partial charge in [0.25, 0.3) is 21.9 Å². The topological polar surface area (TPSA) is 245 Å². The molecule has 0 saturated carbocycles. The number of aromatic nitrogens is 5. The van der Waals surface area contributed by atoms with Crippen LogP contribution in [0.25, 0.3) is 0 Å². The van der Waals surface area contributed by atoms with Crippen molar-refractivity contribution < 1.29 is 37.3 Å². The van der Waals surface area contributed by atoms with Gasteiger partial charge in [0.1, 0.15) is 29.9 Å². The number of nitrogens with zero attached hydrogens (tertiary/aromatic N) is 7. The Labute approximate surface area is 213 Å². The molecule has 2 aromatic heterocycles. The summed E-state index contributed by atoms with van der Waals surface area (Å²) in [6.07, 6.45) is 0. The van der Waals surface area contributed by atoms with Crippen molar-refractivity contribution in [3.05, 3.63) is 21.7 Å². The van der Waals surface area contributed by atoms with Crippen LogP contribution in [-0.4, -0.2) is 95.9 Å². The smallest absolute Gasteiger partial charge is 0.353 e. The fourth-order valence-corrected chi connectivity index (χ4v) is 6.72. The van der Waals surface area contributed by atoms with Crippen molar-refractivity contribution in [1.82, 2.24) is 35.4 Å². The van der Waals surface area contributed by atoms with Gasteiger partial charge in [-0.05, 0) is 22.2 Å². The number of oxime groups is 1. The Morgan fingerprint density at radius 2 is 2.19 bits per heavy atom. The number of carbonyl (C=O) groups is 3. The number of hydrogen-bond donors (Lipinski definition) is 4. The van der Waals surface area contributed by atoms with E-state index in [4.69, 9.17) is 15.1 Å². The van der Waals surface area contributed by atoms with E-state index in [1.807, 2.05) is 0 Å². The highest BCUT2D eigenvalue weighted by atomic mass is 32.2. The zero-order valence-corrected chi connectivity index (χ0v) is 21.1. The first-order chi connectivity index (χ1) is 17.0. The van der Waals surface area contributed by atoms with Crippen molar-refractivity contribution in [3.63, 3.8) is 0 Å². The van der Waals surface area contributed by atoms with Gasteiger partial charge in [-0.25, -0.2) is 14.5 Å². The zero-order chi connectivity index (χ0) is 26.2. The summed E-state index contributed by atoms with van der Waals surface area (Å²) in [7, 11) is -3.24. The molecule has 0 unspecified atom stereocenters. The van der Waals surface area contributed by atoms with E-state index in [2.05, 4.69) is 31.0 Å². The molecule has 4 heterocycles. The number of carbonyl (C=O) groups excluding carboxylic acids is 2. The minimum Gasteiger partial charge on any atom is -0.477 e. The van der Waals surface area contributed by atoms with Crippen LogP contribution in [0.4, 0.5) is 5.13 Å². The number of β-lactam (4-membered cyclic amide) rings is 1. The van der Waals surface area contributed by atoms with E-state index in [-0.39, 0.29) is 38.0 Å². The molecule has 21 heteroatoms. The highest BCUT2D eigenvalue weighted by molar-refractivity contribution is 8.06. The van der Waals surface area contributed by atoms with Gasteiger partial charge >= 0.3 is 5.97 Å². The molecule has 4 rings (SSSR count). The van der Waals surface area contributed by atoms with Crippen molar-refractivity contribution in [2.75, 3.05) is 18.6 Å². The standard InChI is InChI=1S/C15H15N9O8S4/c1-32-20-7(5-2-34-14(16)17-5)10(25)18-8-11(26)24-9(13(27)28)6(3-33-12(8)24)35-15-19-21-22-23(15)4-36(29,30)31/h2,8,12H,3-4H2,1H3,(H2,16,17)(H,18,25)(H,27,28)(H,29,30,31)/t8-,12-/m1/s1. The average molecular weight is 578 g/mol. The minimum absolute atomic E-state index is 0.0769. The predicted molar refractivity (Wildman–Crippen MR) is 125 cm³/mol. The molecule has 0 aliphatic carbocycles. The molecular formula is C15H15N9O8S4. The molecule has 1 fully saturated rings. The van der Waals surface area contributed by atoms with Crippen molar-refractivity contribution in [2.45, 2.75) is 22.4 Å². The first-order valence-corrected chi connectivity index (χ1v) is 13.8. The summed E-state index contributed by atoms with van der Waals surface area (Å²) in [6.45, 7) is 0. The van der Waals surface area contributed by atoms with E-state index in [1.54, 1.807) is 0 Å². The Kier molecular flexibility index (Phi) is 7.17. The van der Waals surface area contributed by atoms with Crippen LogP contribution >= 0.6 is 34.9 Å². The van der Waals surface area contributed by atoms with Crippen molar-refractivity contribution >= 4 is 73.6 Å². The molecule has 0 radical (unpaired) electrons. The Balaban J connectivity index is 1.54. The number of nitrogens with one attached hydrogen (secondary N) is 1. The molecule has 2 aliphatic rings. The minimum atomic E-state index is -4.47. The quantitative estimate of drug-likeness (QED) is 0.113. The molecule has 0 spiro atoms. The molecule has 2 aromatic rings. The number of thioether (sulfide) groups is 2. The van der Waals surface area contributed by atoms with Gasteiger partial charge in [-0.3, -0.25) is 19.0 Å². The van der Waals surface area contributed by atoms with Crippen LogP contribution in [0, 0.1) is 0 Å². The van der Waals surface area contributed by atoms with E-state index in [9.17, 15) is 27.9 Å². The number of nitrogen functional groups attached to an aromatic ring is 1. The Morgan fingerprint density at radius 3 is 2.81 bits per heavy atom. The molecular weight excluding hydrogens is 562 g/mol. The van der Waals surface area contributed by atoms with Crippen LogP contribution in [-0.2, 0) is 35.2 Å². The van der Waals surface area contributed by atoms with Gasteiger partial charge in [-0.2, -0.15) is 8.42 Å². The number of amides is 2. The second kappa shape index (κ2) is 10.0. The second-order valence-corrected chi connectivity index (χ2v) is 11.4. The van der Waals surface area contributed by atoms with Gasteiger partial charge < -0.3 is 21.0 Å². The summed E-state index contributed by atoms with van der Waals surface area (Å²) in [4.78, 5) is 47.6. The van der Waals surface area contributed by atoms with Gasteiger partial charge in [-0.15, -0.1) is 28.2 Å². The van der Waals surface area contributed by atoms with E-state index in [1.165, 1.54) is 12.5 Å². The SMILES string of the molecule is CON=C(C(=O)N[C@@H]1C(=O)N2C(C(=O)O)=C(Sc3nnnn3CS(=O)(=O)O)CS[C@H]12)c1csc(N)n1. The lowest BCUT2D eigenvalue weighted by molar-refractivity contribution is -0.150. The van der Waals surface area contributed by atoms with Gasteiger partial charge in [0.2, 0.25) is 5.16 Å². The largest absolute Gasteiger partial charge is 0.477 e. The van der Waals surface area contributed by atoms with Crippen LogP contribution in [0.5, 0.6) is 0 Å². The lowest BCUT2D eigenvalue weighted by Gasteiger charge is -2.49. The number of hydrogen-bond acceptors (Lipinski definition) is 15. The Morgan fingerprint density at radius 1 is 1.44 bits per heavy atom. The third-order valence-corrected chi connectivity index (χ3v) is 8.35. The van der Waals surface area contributed by atoms with Gasteiger partial charge in [0.15, 0.2) is 16.7 Å². The van der Waals surface area contributed by atoms with Crippen LogP contribution in [0.2, 0.25) is 0 Å². The van der Waals surface area contributed by atoms with E-state index < -0.39 is 45.2 Å². The number of aliphatic carboxylic acids is 1. The molecule has 2 atom stereocenters. The van der Waals surface area contributed by atoms with Crippen LogP contribution < -0.4 is 11.1 Å². The van der Waals surface area contributed by atoms with Crippen LogP contribution in [0.15, 0.2) is 26.3 Å². The molecule has 0 aromatic carbocycles. The van der Waals surface area contributed by atoms with Gasteiger partial charge in [0, 0.05) is 16.0 Å². The second-order valence-electron chi connectivity index (χ2n) is 6.91. The van der Waals surface area contributed by atoms with E-state index >= 15 is 0 Å². The van der Waals surface area contributed by atoms with Crippen molar-refractivity contribution in [1.29, 1.82) is 0 Å². The number of rotatable bonds is 9. The van der Waals surface area contributed by atoms with E-state index in [0.717, 1.165) is 44.4 Å². The number of carboxylic acids is 1. The normalized spacial score (nSPS) is 20.1. The third kappa shape index (κ3) is 5.13. The highest BCUT2D eigenvalue weighted by Crippen LogP contribution is 2.44. The molecule has 1 saturated heterocycles. The number of thiazole rings is 1. The Hall–Kier alpha value is -3.27. The van der Waals surface area contributed by atoms with E-state index in [0.29, 0.717) is 0 Å². The van der Waals surface area contributed by atoms with Crippen molar-refractivity contribution in [3.8, 4) is 0 Å². The molecule has 17 nitrogen and oxygen atoms in total. The third-order valence-electron chi connectivity index (χ3n) is 4.58. The maximum Gasteiger partial charge on any atom is 0.353 e. The summed E-state index contributed by atoms with van der Waals surface area (Å²) in [5.74, 6) is -3.75. The monoisotopic (exact) mass is 577 g/mol. The summed E-state index contributed by atoms with van der Waals surface area (Å²) in [6, 6.07) is -1.06. The lowest BCUT2D eigenvalue weighted by Crippen LogP contribution is -2.71. The number of nitrogens with two attached hydrogens (primary N) is 1. The first kappa shape index (κ1) is 25.8. The zero-order valence-electron chi connectivity index (χ0n) is 17.8. The highest BCUT2D eigenvalue weighted by Gasteiger charge is 2.54. The number of fused-ring (bicyclic) bond motifs is 1. The van der Waals surface area contributed by atoms with Gasteiger partial charge in [-0.1, -0.05) is 5.16 Å². The summed E-state index contributed by atoms with van der Waals surface area (Å²) >= 11 is 2.97. The van der Waals surface area contributed by atoms with Crippen molar-refractivity contribution in [2.24, 2.45) is 5.16 Å². The molecule has 2 aliphatic heterocycles. The maximum absolute atomic E-state index is 12.9. The lowest BCUT2D eigenvalue weighted by atomic mass is 10.0. The van der Waals surface area contributed by atoms with Gasteiger partial charge in [0.05, 0.1) is 0 Å².